The lowest BCUT2D eigenvalue weighted by Crippen LogP contribution is -2.25. The number of thiocarbonyl (C=S) groups is 1. The molecule has 15 heavy (non-hydrogen) atoms. The zero-order valence-corrected chi connectivity index (χ0v) is 9.63. The van der Waals surface area contributed by atoms with Gasteiger partial charge < -0.3 is 10.5 Å². The molecule has 84 valence electrons. The molecule has 3 N–H and O–H groups in total. The number of ether oxygens (including phenoxy) is 1. The molecule has 2 atom stereocenters. The molecular weight excluding hydrogens is 214 g/mol. The van der Waals surface area contributed by atoms with E-state index in [1.807, 2.05) is 13.8 Å². The standard InChI is InChI=1S/C9H15N3O2S/c1-5(11-12-9(10)15)3-7-4-6(2)14-8(7)13/h6-7H,3-4H2,1-2H3,(H3,10,12,15)/b11-5+/t6-,7-/m1/s1. The minimum atomic E-state index is -0.146. The number of esters is 1. The van der Waals surface area contributed by atoms with E-state index in [-0.39, 0.29) is 23.1 Å². The molecule has 5 nitrogen and oxygen atoms in total. The molecule has 1 rings (SSSR count). The predicted molar refractivity (Wildman–Crippen MR) is 61.3 cm³/mol. The first-order chi connectivity index (χ1) is 6.99. The van der Waals surface area contributed by atoms with Crippen molar-refractivity contribution >= 4 is 29.0 Å². The van der Waals surface area contributed by atoms with E-state index in [1.54, 1.807) is 0 Å². The van der Waals surface area contributed by atoms with Gasteiger partial charge in [-0.1, -0.05) is 0 Å². The van der Waals surface area contributed by atoms with Gasteiger partial charge in [-0.05, 0) is 32.5 Å². The Morgan fingerprint density at radius 3 is 2.93 bits per heavy atom. The number of nitrogens with two attached hydrogens (primary N) is 1. The lowest BCUT2D eigenvalue weighted by atomic mass is 9.99. The van der Waals surface area contributed by atoms with Crippen LogP contribution in [0.2, 0.25) is 0 Å². The van der Waals surface area contributed by atoms with Crippen LogP contribution in [0.1, 0.15) is 26.7 Å². The van der Waals surface area contributed by atoms with Gasteiger partial charge in [0.25, 0.3) is 0 Å². The first-order valence-corrected chi connectivity index (χ1v) is 5.19. The summed E-state index contributed by atoms with van der Waals surface area (Å²) in [5.74, 6) is -0.232. The highest BCUT2D eigenvalue weighted by Crippen LogP contribution is 2.23. The summed E-state index contributed by atoms with van der Waals surface area (Å²) in [7, 11) is 0. The van der Waals surface area contributed by atoms with Gasteiger partial charge in [-0.15, -0.1) is 0 Å². The average Bonchev–Trinajstić information content (AvgIpc) is 2.42. The third kappa shape index (κ3) is 3.83. The van der Waals surface area contributed by atoms with Crippen molar-refractivity contribution < 1.29 is 9.53 Å². The minimum absolute atomic E-state index is 0.0128. The Balaban J connectivity index is 2.44. The lowest BCUT2D eigenvalue weighted by molar-refractivity contribution is -0.143. The third-order valence-electron chi connectivity index (χ3n) is 2.17. The molecular formula is C9H15N3O2S. The van der Waals surface area contributed by atoms with Gasteiger partial charge in [-0.3, -0.25) is 10.2 Å². The number of hydrazone groups is 1. The number of carbonyl (C=O) groups excluding carboxylic acids is 1. The van der Waals surface area contributed by atoms with Crippen molar-refractivity contribution in [2.24, 2.45) is 16.8 Å². The Labute approximate surface area is 94.0 Å². The maximum absolute atomic E-state index is 11.3. The Kier molecular flexibility index (Phi) is 4.02. The predicted octanol–water partition coefficient (Wildman–Crippen LogP) is 0.537. The number of rotatable bonds is 3. The van der Waals surface area contributed by atoms with E-state index in [1.165, 1.54) is 0 Å². The molecule has 0 aromatic carbocycles. The van der Waals surface area contributed by atoms with Crippen molar-refractivity contribution in [3.05, 3.63) is 0 Å². The quantitative estimate of drug-likeness (QED) is 0.320. The molecule has 6 heteroatoms. The van der Waals surface area contributed by atoms with Gasteiger partial charge in [0, 0.05) is 12.1 Å². The summed E-state index contributed by atoms with van der Waals surface area (Å²) >= 11 is 4.61. The van der Waals surface area contributed by atoms with Gasteiger partial charge in [0.05, 0.1) is 12.0 Å². The summed E-state index contributed by atoms with van der Waals surface area (Å²) in [6, 6.07) is 0. The topological polar surface area (TPSA) is 76.7 Å². The fourth-order valence-electron chi connectivity index (χ4n) is 1.56. The Morgan fingerprint density at radius 2 is 2.47 bits per heavy atom. The maximum Gasteiger partial charge on any atom is 0.309 e. The SMILES string of the molecule is C/C(C[C@@H]1C[C@@H](C)OC1=O)=N\NC(N)=S. The number of hydrogen-bond acceptors (Lipinski definition) is 4. The molecule has 0 aromatic rings. The monoisotopic (exact) mass is 229 g/mol. The molecule has 1 fully saturated rings. The minimum Gasteiger partial charge on any atom is -0.462 e. The lowest BCUT2D eigenvalue weighted by Gasteiger charge is -2.04. The Hall–Kier alpha value is -1.17. The number of carbonyl (C=O) groups is 1. The second-order valence-corrected chi connectivity index (χ2v) is 4.15. The van der Waals surface area contributed by atoms with Crippen LogP contribution in [-0.4, -0.2) is 22.9 Å². The first-order valence-electron chi connectivity index (χ1n) is 4.78. The fraction of sp³-hybridized carbons (Fsp3) is 0.667. The summed E-state index contributed by atoms with van der Waals surface area (Å²) in [5, 5.41) is 4.06. The first kappa shape index (κ1) is 11.9. The Bertz CT molecular complexity index is 304. The number of hydrogen-bond donors (Lipinski definition) is 2. The van der Waals surface area contributed by atoms with Crippen LogP contribution in [0.15, 0.2) is 5.10 Å². The van der Waals surface area contributed by atoms with Crippen LogP contribution in [0.25, 0.3) is 0 Å². The highest BCUT2D eigenvalue weighted by Gasteiger charge is 2.31. The van der Waals surface area contributed by atoms with Crippen molar-refractivity contribution in [2.45, 2.75) is 32.8 Å². The average molecular weight is 229 g/mol. The molecule has 0 saturated carbocycles. The molecule has 0 unspecified atom stereocenters. The number of nitrogens with zero attached hydrogens (tertiary/aromatic N) is 1. The Morgan fingerprint density at radius 1 is 1.80 bits per heavy atom. The van der Waals surface area contributed by atoms with Crippen molar-refractivity contribution in [2.75, 3.05) is 0 Å². The van der Waals surface area contributed by atoms with Crippen molar-refractivity contribution in [3.8, 4) is 0 Å². The molecule has 0 aliphatic carbocycles. The van der Waals surface area contributed by atoms with Crippen LogP contribution in [-0.2, 0) is 9.53 Å². The molecule has 1 saturated heterocycles. The van der Waals surface area contributed by atoms with Crippen molar-refractivity contribution in [1.82, 2.24) is 5.43 Å². The van der Waals surface area contributed by atoms with E-state index in [2.05, 4.69) is 22.7 Å². The molecule has 0 radical (unpaired) electrons. The zero-order chi connectivity index (χ0) is 11.4. The van der Waals surface area contributed by atoms with Crippen LogP contribution in [0.4, 0.5) is 0 Å². The van der Waals surface area contributed by atoms with Crippen LogP contribution >= 0.6 is 12.2 Å². The normalized spacial score (nSPS) is 26.3. The molecule has 1 aliphatic heterocycles. The van der Waals surface area contributed by atoms with E-state index in [0.29, 0.717) is 6.42 Å². The van der Waals surface area contributed by atoms with E-state index >= 15 is 0 Å². The van der Waals surface area contributed by atoms with E-state index in [0.717, 1.165) is 12.1 Å². The largest absolute Gasteiger partial charge is 0.462 e. The smallest absolute Gasteiger partial charge is 0.309 e. The molecule has 0 amide bonds. The second kappa shape index (κ2) is 5.06. The summed E-state index contributed by atoms with van der Waals surface area (Å²) in [5.41, 5.74) is 8.50. The van der Waals surface area contributed by atoms with Crippen LogP contribution in [0, 0.1) is 5.92 Å². The van der Waals surface area contributed by atoms with Crippen molar-refractivity contribution in [1.29, 1.82) is 0 Å². The van der Waals surface area contributed by atoms with Gasteiger partial charge in [-0.25, -0.2) is 0 Å². The molecule has 0 bridgehead atoms. The molecule has 0 spiro atoms. The third-order valence-corrected chi connectivity index (χ3v) is 2.26. The van der Waals surface area contributed by atoms with Crippen LogP contribution in [0.3, 0.4) is 0 Å². The van der Waals surface area contributed by atoms with Crippen LogP contribution < -0.4 is 11.2 Å². The van der Waals surface area contributed by atoms with Gasteiger partial charge in [0.2, 0.25) is 0 Å². The van der Waals surface area contributed by atoms with E-state index in [4.69, 9.17) is 10.5 Å². The summed E-state index contributed by atoms with van der Waals surface area (Å²) in [6.45, 7) is 3.71. The number of nitrogens with one attached hydrogen (secondary N) is 1. The fourth-order valence-corrected chi connectivity index (χ4v) is 1.60. The van der Waals surface area contributed by atoms with Gasteiger partial charge in [0.1, 0.15) is 0 Å². The van der Waals surface area contributed by atoms with Crippen LogP contribution in [0.5, 0.6) is 0 Å². The highest BCUT2D eigenvalue weighted by molar-refractivity contribution is 7.80. The molecule has 0 aromatic heterocycles. The van der Waals surface area contributed by atoms with Gasteiger partial charge >= 0.3 is 5.97 Å². The zero-order valence-electron chi connectivity index (χ0n) is 8.82. The highest BCUT2D eigenvalue weighted by atomic mass is 32.1. The summed E-state index contributed by atoms with van der Waals surface area (Å²) in [6.07, 6.45) is 1.34. The summed E-state index contributed by atoms with van der Waals surface area (Å²) < 4.78 is 5.04. The van der Waals surface area contributed by atoms with Gasteiger partial charge in [-0.2, -0.15) is 5.10 Å². The number of cyclic esters (lactones) is 1. The van der Waals surface area contributed by atoms with E-state index in [9.17, 15) is 4.79 Å². The maximum atomic E-state index is 11.3. The summed E-state index contributed by atoms with van der Waals surface area (Å²) in [4.78, 5) is 11.3. The van der Waals surface area contributed by atoms with E-state index < -0.39 is 0 Å². The van der Waals surface area contributed by atoms with Gasteiger partial charge in [0.15, 0.2) is 5.11 Å². The molecule has 1 heterocycles. The molecule has 1 aliphatic rings. The van der Waals surface area contributed by atoms with Crippen molar-refractivity contribution in [3.63, 3.8) is 0 Å². The second-order valence-electron chi connectivity index (χ2n) is 3.71.